The van der Waals surface area contributed by atoms with E-state index in [1.54, 1.807) is 36.5 Å². The van der Waals surface area contributed by atoms with Crippen molar-refractivity contribution in [3.05, 3.63) is 77.6 Å². The third-order valence-electron chi connectivity index (χ3n) is 3.57. The predicted octanol–water partition coefficient (Wildman–Crippen LogP) is 5.13. The van der Waals surface area contributed by atoms with Crippen molar-refractivity contribution in [1.29, 1.82) is 0 Å². The van der Waals surface area contributed by atoms with Gasteiger partial charge >= 0.3 is 0 Å². The lowest BCUT2D eigenvalue weighted by Gasteiger charge is -2.10. The van der Waals surface area contributed by atoms with E-state index in [1.165, 1.54) is 0 Å². The van der Waals surface area contributed by atoms with E-state index in [4.69, 9.17) is 16.3 Å². The number of para-hydroxylation sites is 1. The van der Waals surface area contributed by atoms with E-state index < -0.39 is 0 Å². The number of ether oxygens (including phenoxy) is 1. The number of amides is 1. The van der Waals surface area contributed by atoms with Gasteiger partial charge in [-0.05, 0) is 55.5 Å². The fourth-order valence-electron chi connectivity index (χ4n) is 2.35. The van der Waals surface area contributed by atoms with E-state index in [0.29, 0.717) is 23.0 Å². The summed E-state index contributed by atoms with van der Waals surface area (Å²) in [6, 6.07) is 18.0. The first-order valence-corrected chi connectivity index (χ1v) is 8.55. The maximum Gasteiger partial charge on any atom is 0.274 e. The number of pyridine rings is 1. The fraction of sp³-hybridized carbons (Fsp3) is 0.100. The van der Waals surface area contributed by atoms with Crippen molar-refractivity contribution in [2.45, 2.75) is 6.92 Å². The molecule has 5 nitrogen and oxygen atoms in total. The van der Waals surface area contributed by atoms with Crippen molar-refractivity contribution in [2.75, 3.05) is 17.2 Å². The van der Waals surface area contributed by atoms with Gasteiger partial charge in [-0.1, -0.05) is 23.7 Å². The van der Waals surface area contributed by atoms with Crippen molar-refractivity contribution in [2.24, 2.45) is 0 Å². The van der Waals surface area contributed by atoms with E-state index in [2.05, 4.69) is 15.6 Å². The predicted molar refractivity (Wildman–Crippen MR) is 105 cm³/mol. The Morgan fingerprint density at radius 3 is 2.58 bits per heavy atom. The molecular weight excluding hydrogens is 350 g/mol. The molecule has 0 aliphatic carbocycles. The summed E-state index contributed by atoms with van der Waals surface area (Å²) in [5, 5.41) is 6.61. The van der Waals surface area contributed by atoms with Crippen LogP contribution in [0.3, 0.4) is 0 Å². The molecule has 3 rings (SSSR count). The van der Waals surface area contributed by atoms with E-state index >= 15 is 0 Å². The zero-order valence-electron chi connectivity index (χ0n) is 14.2. The molecule has 132 valence electrons. The lowest BCUT2D eigenvalue weighted by molar-refractivity contribution is 0.102. The van der Waals surface area contributed by atoms with Crippen LogP contribution in [0.15, 0.2) is 66.9 Å². The van der Waals surface area contributed by atoms with Crippen LogP contribution < -0.4 is 15.4 Å². The number of aromatic nitrogens is 1. The maximum absolute atomic E-state index is 12.4. The molecule has 0 saturated heterocycles. The number of rotatable bonds is 6. The minimum Gasteiger partial charge on any atom is -0.494 e. The second kappa shape index (κ2) is 8.36. The number of hydrogen-bond donors (Lipinski definition) is 2. The van der Waals surface area contributed by atoms with Gasteiger partial charge in [-0.2, -0.15) is 0 Å². The summed E-state index contributed by atoms with van der Waals surface area (Å²) in [5.74, 6) is 0.464. The van der Waals surface area contributed by atoms with Gasteiger partial charge in [0.15, 0.2) is 0 Å². The molecule has 0 radical (unpaired) electrons. The first-order valence-electron chi connectivity index (χ1n) is 8.17. The summed E-state index contributed by atoms with van der Waals surface area (Å²) in [6.45, 7) is 2.52. The average Bonchev–Trinajstić information content (AvgIpc) is 2.66. The van der Waals surface area contributed by atoms with Crippen molar-refractivity contribution in [3.63, 3.8) is 0 Å². The molecule has 0 saturated carbocycles. The molecule has 0 bridgehead atoms. The second-order valence-electron chi connectivity index (χ2n) is 5.45. The number of carbonyl (C=O) groups excluding carboxylic acids is 1. The van der Waals surface area contributed by atoms with Gasteiger partial charge in [0.2, 0.25) is 0 Å². The average molecular weight is 368 g/mol. The zero-order valence-corrected chi connectivity index (χ0v) is 15.0. The molecule has 1 aromatic heterocycles. The molecular formula is C20H18ClN3O2. The molecule has 1 amide bonds. The first kappa shape index (κ1) is 17.8. The molecule has 26 heavy (non-hydrogen) atoms. The van der Waals surface area contributed by atoms with E-state index in [1.807, 2.05) is 37.3 Å². The van der Waals surface area contributed by atoms with Crippen LogP contribution in [-0.4, -0.2) is 17.5 Å². The van der Waals surface area contributed by atoms with Crippen LogP contribution in [0.2, 0.25) is 5.02 Å². The van der Waals surface area contributed by atoms with Crippen molar-refractivity contribution in [1.82, 2.24) is 4.98 Å². The highest BCUT2D eigenvalue weighted by Crippen LogP contribution is 2.25. The Morgan fingerprint density at radius 1 is 1.08 bits per heavy atom. The summed E-state index contributed by atoms with van der Waals surface area (Å²) in [4.78, 5) is 16.6. The number of anilines is 3. The highest BCUT2D eigenvalue weighted by atomic mass is 35.5. The fourth-order valence-corrected chi connectivity index (χ4v) is 2.53. The molecule has 3 aromatic rings. The standard InChI is InChI=1S/C20H18ClN3O2/c1-2-26-16-9-7-14(8-10-16)24-20(25)19-13-15(11-12-22-19)23-18-6-4-3-5-17(18)21/h3-13H,2H2,1H3,(H,22,23)(H,24,25). The summed E-state index contributed by atoms with van der Waals surface area (Å²) < 4.78 is 5.39. The Morgan fingerprint density at radius 2 is 1.85 bits per heavy atom. The molecule has 0 fully saturated rings. The summed E-state index contributed by atoms with van der Waals surface area (Å²) >= 11 is 6.15. The highest BCUT2D eigenvalue weighted by Gasteiger charge is 2.09. The second-order valence-corrected chi connectivity index (χ2v) is 5.85. The first-order chi connectivity index (χ1) is 12.7. The highest BCUT2D eigenvalue weighted by molar-refractivity contribution is 6.33. The van der Waals surface area contributed by atoms with Gasteiger partial charge in [0.25, 0.3) is 5.91 Å². The Balaban J connectivity index is 1.71. The van der Waals surface area contributed by atoms with Crippen LogP contribution in [0.25, 0.3) is 0 Å². The topological polar surface area (TPSA) is 63.2 Å². The number of nitrogens with zero attached hydrogens (tertiary/aromatic N) is 1. The summed E-state index contributed by atoms with van der Waals surface area (Å²) in [5.41, 5.74) is 2.46. The Bertz CT molecular complexity index is 898. The number of hydrogen-bond acceptors (Lipinski definition) is 4. The monoisotopic (exact) mass is 367 g/mol. The summed E-state index contributed by atoms with van der Waals surface area (Å²) in [7, 11) is 0. The largest absolute Gasteiger partial charge is 0.494 e. The Kier molecular flexibility index (Phi) is 5.71. The molecule has 0 aliphatic heterocycles. The van der Waals surface area contributed by atoms with E-state index in [-0.39, 0.29) is 5.91 Å². The van der Waals surface area contributed by atoms with E-state index in [0.717, 1.165) is 17.1 Å². The smallest absolute Gasteiger partial charge is 0.274 e. The zero-order chi connectivity index (χ0) is 18.4. The molecule has 0 aliphatic rings. The molecule has 1 heterocycles. The van der Waals surface area contributed by atoms with Crippen molar-refractivity contribution in [3.8, 4) is 5.75 Å². The van der Waals surface area contributed by atoms with Crippen LogP contribution in [-0.2, 0) is 0 Å². The summed E-state index contributed by atoms with van der Waals surface area (Å²) in [6.07, 6.45) is 1.58. The van der Waals surface area contributed by atoms with Crippen molar-refractivity contribution < 1.29 is 9.53 Å². The van der Waals surface area contributed by atoms with Crippen LogP contribution in [0.4, 0.5) is 17.1 Å². The molecule has 2 N–H and O–H groups in total. The quantitative estimate of drug-likeness (QED) is 0.634. The number of nitrogens with one attached hydrogen (secondary N) is 2. The lowest BCUT2D eigenvalue weighted by Crippen LogP contribution is -2.13. The molecule has 2 aromatic carbocycles. The van der Waals surface area contributed by atoms with Crippen LogP contribution in [0, 0.1) is 0 Å². The van der Waals surface area contributed by atoms with Gasteiger partial charge in [0.05, 0.1) is 17.3 Å². The Labute approximate surface area is 157 Å². The Hall–Kier alpha value is -3.05. The molecule has 6 heteroatoms. The van der Waals surface area contributed by atoms with Gasteiger partial charge < -0.3 is 15.4 Å². The molecule has 0 spiro atoms. The van der Waals surface area contributed by atoms with Gasteiger partial charge in [0.1, 0.15) is 11.4 Å². The van der Waals surface area contributed by atoms with Gasteiger partial charge in [-0.15, -0.1) is 0 Å². The third-order valence-corrected chi connectivity index (χ3v) is 3.90. The maximum atomic E-state index is 12.4. The molecule has 0 unspecified atom stereocenters. The third kappa shape index (κ3) is 4.52. The number of halogens is 1. The van der Waals surface area contributed by atoms with Crippen LogP contribution in [0.1, 0.15) is 17.4 Å². The molecule has 0 atom stereocenters. The normalized spacial score (nSPS) is 10.2. The van der Waals surface area contributed by atoms with E-state index in [9.17, 15) is 4.79 Å². The number of benzene rings is 2. The van der Waals surface area contributed by atoms with Crippen molar-refractivity contribution >= 4 is 34.6 Å². The van der Waals surface area contributed by atoms with Crippen LogP contribution >= 0.6 is 11.6 Å². The minimum absolute atomic E-state index is 0.294. The lowest BCUT2D eigenvalue weighted by atomic mass is 10.2. The van der Waals surface area contributed by atoms with Crippen LogP contribution in [0.5, 0.6) is 5.75 Å². The van der Waals surface area contributed by atoms with Gasteiger partial charge in [-0.25, -0.2) is 0 Å². The van der Waals surface area contributed by atoms with Gasteiger partial charge in [-0.3, -0.25) is 9.78 Å². The minimum atomic E-state index is -0.294. The number of carbonyl (C=O) groups is 1. The SMILES string of the molecule is CCOc1ccc(NC(=O)c2cc(Nc3ccccc3Cl)ccn2)cc1. The van der Waals surface area contributed by atoms with Gasteiger partial charge in [0, 0.05) is 17.6 Å².